The lowest BCUT2D eigenvalue weighted by atomic mass is 9.85. The minimum atomic E-state index is -3.40. The van der Waals surface area contributed by atoms with Crippen molar-refractivity contribution >= 4 is 27.3 Å². The van der Waals surface area contributed by atoms with Gasteiger partial charge in [0.15, 0.2) is 0 Å². The third kappa shape index (κ3) is 5.38. The highest BCUT2D eigenvalue weighted by Gasteiger charge is 2.33. The van der Waals surface area contributed by atoms with Gasteiger partial charge in [0, 0.05) is 25.6 Å². The molecule has 1 saturated heterocycles. The molecule has 1 aliphatic heterocycles. The van der Waals surface area contributed by atoms with E-state index >= 15 is 0 Å². The molecule has 1 aromatic carbocycles. The van der Waals surface area contributed by atoms with Crippen LogP contribution >= 0.6 is 11.3 Å². The molecule has 0 aliphatic carbocycles. The number of nitrogens with one attached hydrogen (secondary N) is 1. The molecule has 8 heteroatoms. The molecule has 1 N–H and O–H groups in total. The van der Waals surface area contributed by atoms with Crippen LogP contribution in [-0.4, -0.2) is 38.3 Å². The molecule has 1 atom stereocenters. The average Bonchev–Trinajstić information content (AvgIpc) is 3.29. The Hall–Kier alpha value is -1.90. The summed E-state index contributed by atoms with van der Waals surface area (Å²) in [6.45, 7) is 5.89. The lowest BCUT2D eigenvalue weighted by Crippen LogP contribution is -2.42. The Labute approximate surface area is 176 Å². The number of rotatable bonds is 8. The number of carbonyl (C=O) groups excluding carboxylic acids is 1. The van der Waals surface area contributed by atoms with Gasteiger partial charge in [0.05, 0.1) is 6.61 Å². The lowest BCUT2D eigenvalue weighted by Gasteiger charge is -2.33. The normalized spacial score (nSPS) is 17.0. The predicted molar refractivity (Wildman–Crippen MR) is 114 cm³/mol. The Morgan fingerprint density at radius 2 is 1.93 bits per heavy atom. The zero-order valence-electron chi connectivity index (χ0n) is 16.8. The molecule has 1 aromatic heterocycles. The quantitative estimate of drug-likeness (QED) is 0.687. The van der Waals surface area contributed by atoms with Gasteiger partial charge in [0.2, 0.25) is 5.91 Å². The van der Waals surface area contributed by atoms with E-state index in [4.69, 9.17) is 4.74 Å². The van der Waals surface area contributed by atoms with Crippen molar-refractivity contribution < 1.29 is 17.9 Å². The molecular formula is C21H28N2O4S2. The Balaban J connectivity index is 1.48. The molecule has 0 bridgehead atoms. The van der Waals surface area contributed by atoms with Gasteiger partial charge in [-0.05, 0) is 54.8 Å². The maximum Gasteiger partial charge on any atom is 0.252 e. The van der Waals surface area contributed by atoms with Crippen molar-refractivity contribution in [3.8, 4) is 5.75 Å². The Bertz CT molecular complexity index is 887. The van der Waals surface area contributed by atoms with Gasteiger partial charge in [-0.2, -0.15) is 4.31 Å². The summed E-state index contributed by atoms with van der Waals surface area (Å²) < 4.78 is 32.6. The molecule has 0 unspecified atom stereocenters. The van der Waals surface area contributed by atoms with Crippen LogP contribution in [0.15, 0.2) is 46.0 Å². The van der Waals surface area contributed by atoms with E-state index in [0.29, 0.717) is 43.3 Å². The topological polar surface area (TPSA) is 75.7 Å². The van der Waals surface area contributed by atoms with Crippen LogP contribution in [0.5, 0.6) is 5.75 Å². The van der Waals surface area contributed by atoms with Crippen LogP contribution in [-0.2, 0) is 21.4 Å². The number of benzene rings is 1. The summed E-state index contributed by atoms with van der Waals surface area (Å²) in [5, 5.41) is 4.78. The van der Waals surface area contributed by atoms with E-state index in [-0.39, 0.29) is 17.7 Å². The summed E-state index contributed by atoms with van der Waals surface area (Å²) >= 11 is 1.24. The first kappa shape index (κ1) is 21.8. The Kier molecular flexibility index (Phi) is 7.32. The first-order chi connectivity index (χ1) is 13.9. The molecule has 1 fully saturated rings. The second-order valence-corrected chi connectivity index (χ2v) is 10.4. The summed E-state index contributed by atoms with van der Waals surface area (Å²) in [4.78, 5) is 12.6. The van der Waals surface area contributed by atoms with Crippen molar-refractivity contribution in [3.63, 3.8) is 0 Å². The molecular weight excluding hydrogens is 408 g/mol. The van der Waals surface area contributed by atoms with E-state index in [2.05, 4.69) is 5.32 Å². The van der Waals surface area contributed by atoms with Gasteiger partial charge in [-0.25, -0.2) is 8.42 Å². The molecule has 0 spiro atoms. The van der Waals surface area contributed by atoms with Crippen LogP contribution in [0.3, 0.4) is 0 Å². The highest BCUT2D eigenvalue weighted by Crippen LogP contribution is 2.30. The molecule has 158 valence electrons. The van der Waals surface area contributed by atoms with E-state index < -0.39 is 10.0 Å². The highest BCUT2D eigenvalue weighted by molar-refractivity contribution is 7.91. The van der Waals surface area contributed by atoms with Crippen LogP contribution in [0.25, 0.3) is 0 Å². The average molecular weight is 437 g/mol. The second-order valence-electron chi connectivity index (χ2n) is 7.26. The summed E-state index contributed by atoms with van der Waals surface area (Å²) in [6.07, 6.45) is 1.39. The standard InChI is InChI=1S/C21H28N2O4S2/c1-3-27-19-8-6-17(7-9-19)15-22-21(24)16(2)18-10-12-23(13-11-18)29(25,26)20-5-4-14-28-20/h4-9,14,16,18H,3,10-13,15H2,1-2H3,(H,22,24)/t16-/m0/s1. The van der Waals surface area contributed by atoms with Crippen molar-refractivity contribution in [1.82, 2.24) is 9.62 Å². The minimum absolute atomic E-state index is 0.0125. The van der Waals surface area contributed by atoms with Crippen molar-refractivity contribution in [3.05, 3.63) is 47.3 Å². The molecule has 1 amide bonds. The molecule has 0 radical (unpaired) electrons. The number of nitrogens with zero attached hydrogens (tertiary/aromatic N) is 1. The molecule has 2 heterocycles. The highest BCUT2D eigenvalue weighted by atomic mass is 32.2. The van der Waals surface area contributed by atoms with Gasteiger partial charge in [-0.3, -0.25) is 4.79 Å². The second kappa shape index (κ2) is 9.73. The molecule has 29 heavy (non-hydrogen) atoms. The van der Waals surface area contributed by atoms with Gasteiger partial charge >= 0.3 is 0 Å². The number of piperidine rings is 1. The van der Waals surface area contributed by atoms with Crippen LogP contribution < -0.4 is 10.1 Å². The fraction of sp³-hybridized carbons (Fsp3) is 0.476. The zero-order chi connectivity index (χ0) is 20.9. The van der Waals surface area contributed by atoms with Crippen molar-refractivity contribution in [2.24, 2.45) is 11.8 Å². The maximum absolute atomic E-state index is 12.6. The van der Waals surface area contributed by atoms with Crippen LogP contribution in [0, 0.1) is 11.8 Å². The third-order valence-electron chi connectivity index (χ3n) is 5.41. The van der Waals surface area contributed by atoms with Crippen LogP contribution in [0.1, 0.15) is 32.3 Å². The fourth-order valence-electron chi connectivity index (χ4n) is 3.59. The Morgan fingerprint density at radius 3 is 2.52 bits per heavy atom. The summed E-state index contributed by atoms with van der Waals surface area (Å²) in [6, 6.07) is 11.1. The Morgan fingerprint density at radius 1 is 1.24 bits per heavy atom. The zero-order valence-corrected chi connectivity index (χ0v) is 18.5. The lowest BCUT2D eigenvalue weighted by molar-refractivity contribution is -0.126. The smallest absolute Gasteiger partial charge is 0.252 e. The third-order valence-corrected chi connectivity index (χ3v) is 8.68. The van der Waals surface area contributed by atoms with E-state index in [1.807, 2.05) is 38.1 Å². The number of ether oxygens (including phenoxy) is 1. The predicted octanol–water partition coefficient (Wildman–Crippen LogP) is 3.50. The molecule has 6 nitrogen and oxygen atoms in total. The largest absolute Gasteiger partial charge is 0.494 e. The number of hydrogen-bond acceptors (Lipinski definition) is 5. The minimum Gasteiger partial charge on any atom is -0.494 e. The van der Waals surface area contributed by atoms with E-state index in [1.54, 1.807) is 21.8 Å². The number of hydrogen-bond donors (Lipinski definition) is 1. The van der Waals surface area contributed by atoms with Gasteiger partial charge in [0.25, 0.3) is 10.0 Å². The van der Waals surface area contributed by atoms with Crippen molar-refractivity contribution in [1.29, 1.82) is 0 Å². The monoisotopic (exact) mass is 436 g/mol. The first-order valence-corrected chi connectivity index (χ1v) is 12.3. The number of thiophene rings is 1. The molecule has 2 aromatic rings. The molecule has 3 rings (SSSR count). The molecule has 0 saturated carbocycles. The van der Waals surface area contributed by atoms with Gasteiger partial charge in [-0.15, -0.1) is 11.3 Å². The summed E-state index contributed by atoms with van der Waals surface area (Å²) in [7, 11) is -3.40. The SMILES string of the molecule is CCOc1ccc(CNC(=O)[C@@H](C)C2CCN(S(=O)(=O)c3cccs3)CC2)cc1. The summed E-state index contributed by atoms with van der Waals surface area (Å²) in [5.41, 5.74) is 1.02. The van der Waals surface area contributed by atoms with Crippen LogP contribution in [0.4, 0.5) is 0 Å². The number of carbonyl (C=O) groups is 1. The summed E-state index contributed by atoms with van der Waals surface area (Å²) in [5.74, 6) is 0.869. The van der Waals surface area contributed by atoms with Crippen molar-refractivity contribution in [2.45, 2.75) is 37.4 Å². The van der Waals surface area contributed by atoms with Gasteiger partial charge in [-0.1, -0.05) is 25.1 Å². The van der Waals surface area contributed by atoms with Crippen molar-refractivity contribution in [2.75, 3.05) is 19.7 Å². The fourth-order valence-corrected chi connectivity index (χ4v) is 6.20. The van der Waals surface area contributed by atoms with Crippen LogP contribution in [0.2, 0.25) is 0 Å². The van der Waals surface area contributed by atoms with Gasteiger partial charge in [0.1, 0.15) is 9.96 Å². The van der Waals surface area contributed by atoms with E-state index in [9.17, 15) is 13.2 Å². The molecule has 1 aliphatic rings. The number of amides is 1. The first-order valence-electron chi connectivity index (χ1n) is 9.95. The van der Waals surface area contributed by atoms with E-state index in [1.165, 1.54) is 11.3 Å². The van der Waals surface area contributed by atoms with Gasteiger partial charge < -0.3 is 10.1 Å². The maximum atomic E-state index is 12.6. The van der Waals surface area contributed by atoms with E-state index in [0.717, 1.165) is 11.3 Å². The number of sulfonamides is 1.